The van der Waals surface area contributed by atoms with Crippen molar-refractivity contribution in [2.45, 2.75) is 25.7 Å². The molecule has 0 spiro atoms. The second kappa shape index (κ2) is 8.34. The number of hydrogen-bond acceptors (Lipinski definition) is 5. The fraction of sp³-hybridized carbons (Fsp3) is 0.318. The highest BCUT2D eigenvalue weighted by molar-refractivity contribution is 6.05. The van der Waals surface area contributed by atoms with Crippen molar-refractivity contribution >= 4 is 17.4 Å². The lowest BCUT2D eigenvalue weighted by Crippen LogP contribution is -2.34. The maximum absolute atomic E-state index is 12.7. The van der Waals surface area contributed by atoms with Gasteiger partial charge in [0.1, 0.15) is 5.75 Å². The molecule has 0 aliphatic carbocycles. The fourth-order valence-corrected chi connectivity index (χ4v) is 3.87. The molecule has 4 rings (SSSR count). The van der Waals surface area contributed by atoms with Crippen molar-refractivity contribution in [3.63, 3.8) is 0 Å². The van der Waals surface area contributed by atoms with Crippen molar-refractivity contribution in [3.8, 4) is 5.75 Å². The number of aryl methyl sites for hydroxylation is 1. The van der Waals surface area contributed by atoms with Gasteiger partial charge in [0.2, 0.25) is 0 Å². The van der Waals surface area contributed by atoms with Gasteiger partial charge in [0.15, 0.2) is 5.82 Å². The molecule has 0 radical (unpaired) electrons. The van der Waals surface area contributed by atoms with Crippen molar-refractivity contribution in [2.24, 2.45) is 0 Å². The quantitative estimate of drug-likeness (QED) is 0.692. The van der Waals surface area contributed by atoms with Crippen molar-refractivity contribution in [2.75, 3.05) is 30.4 Å². The van der Waals surface area contributed by atoms with Crippen LogP contribution in [0.25, 0.3) is 0 Å². The molecule has 1 aromatic carbocycles. The maximum Gasteiger partial charge on any atom is 0.255 e. The zero-order valence-corrected chi connectivity index (χ0v) is 16.7. The van der Waals surface area contributed by atoms with Gasteiger partial charge in [-0.3, -0.25) is 4.79 Å². The number of nitrogens with one attached hydrogen (secondary N) is 2. The number of aromatic nitrogens is 3. The van der Waals surface area contributed by atoms with Crippen LogP contribution in [0.5, 0.6) is 5.75 Å². The number of H-pyrrole nitrogens is 1. The third-order valence-corrected chi connectivity index (χ3v) is 5.44. The number of rotatable bonds is 5. The van der Waals surface area contributed by atoms with Crippen LogP contribution in [0.15, 0.2) is 48.9 Å². The van der Waals surface area contributed by atoms with Gasteiger partial charge in [-0.05, 0) is 50.1 Å². The number of carbonyl (C=O) groups is 1. The third-order valence-electron chi connectivity index (χ3n) is 5.44. The molecule has 1 fully saturated rings. The molecule has 7 heteroatoms. The predicted molar refractivity (Wildman–Crippen MR) is 113 cm³/mol. The van der Waals surface area contributed by atoms with Gasteiger partial charge in [0.25, 0.3) is 5.91 Å². The Bertz CT molecular complexity index is 992. The highest BCUT2D eigenvalue weighted by Gasteiger charge is 2.25. The van der Waals surface area contributed by atoms with E-state index in [1.807, 2.05) is 25.1 Å². The normalized spacial score (nSPS) is 14.6. The van der Waals surface area contributed by atoms with E-state index in [0.717, 1.165) is 43.1 Å². The first-order valence-electron chi connectivity index (χ1n) is 9.81. The molecule has 0 bridgehead atoms. The van der Waals surface area contributed by atoms with Gasteiger partial charge in [0, 0.05) is 36.5 Å². The first-order valence-corrected chi connectivity index (χ1v) is 9.81. The van der Waals surface area contributed by atoms with Crippen LogP contribution >= 0.6 is 0 Å². The molecule has 2 N–H and O–H groups in total. The number of pyridine rings is 1. The molecule has 0 atom stereocenters. The standard InChI is InChI=1S/C22H25N5O2/c1-15-20(25-14-24-15)16-8-11-27(12-9-16)21-19(7-4-10-23-21)26-22(28)17-5-3-6-18(13-17)29-2/h3-7,10,13-14,16H,8-9,11-12H2,1-2H3,(H,24,25)(H,26,28). The summed E-state index contributed by atoms with van der Waals surface area (Å²) in [5, 5.41) is 3.01. The van der Waals surface area contributed by atoms with Gasteiger partial charge in [-0.1, -0.05) is 6.07 Å². The fourth-order valence-electron chi connectivity index (χ4n) is 3.87. The number of anilines is 2. The summed E-state index contributed by atoms with van der Waals surface area (Å²) in [6.45, 7) is 3.80. The highest BCUT2D eigenvalue weighted by atomic mass is 16.5. The molecule has 1 saturated heterocycles. The van der Waals surface area contributed by atoms with Crippen LogP contribution in [0.3, 0.4) is 0 Å². The van der Waals surface area contributed by atoms with E-state index in [2.05, 4.69) is 25.2 Å². The lowest BCUT2D eigenvalue weighted by molar-refractivity contribution is 0.102. The van der Waals surface area contributed by atoms with Crippen LogP contribution < -0.4 is 15.0 Å². The van der Waals surface area contributed by atoms with Gasteiger partial charge in [-0.2, -0.15) is 0 Å². The van der Waals surface area contributed by atoms with Gasteiger partial charge >= 0.3 is 0 Å². The Balaban J connectivity index is 1.47. The molecule has 150 valence electrons. The van der Waals surface area contributed by atoms with Crippen molar-refractivity contribution in [1.82, 2.24) is 15.0 Å². The molecule has 3 heterocycles. The lowest BCUT2D eigenvalue weighted by atomic mass is 9.92. The summed E-state index contributed by atoms with van der Waals surface area (Å²) in [4.78, 5) is 27.1. The summed E-state index contributed by atoms with van der Waals surface area (Å²) in [6, 6.07) is 10.9. The van der Waals surface area contributed by atoms with E-state index in [1.54, 1.807) is 37.8 Å². The first kappa shape index (κ1) is 19.0. The number of methoxy groups -OCH3 is 1. The van der Waals surface area contributed by atoms with Gasteiger partial charge in [-0.25, -0.2) is 9.97 Å². The number of aromatic amines is 1. The Morgan fingerprint density at radius 3 is 2.76 bits per heavy atom. The zero-order valence-electron chi connectivity index (χ0n) is 16.7. The Morgan fingerprint density at radius 2 is 2.03 bits per heavy atom. The minimum atomic E-state index is -0.180. The van der Waals surface area contributed by atoms with Crippen molar-refractivity contribution < 1.29 is 9.53 Å². The van der Waals surface area contributed by atoms with Crippen LogP contribution in [0.2, 0.25) is 0 Å². The molecule has 1 amide bonds. The molecular formula is C22H25N5O2. The first-order chi connectivity index (χ1) is 14.2. The van der Waals surface area contributed by atoms with Gasteiger partial charge in [-0.15, -0.1) is 0 Å². The van der Waals surface area contributed by atoms with E-state index in [-0.39, 0.29) is 5.91 Å². The summed E-state index contributed by atoms with van der Waals surface area (Å²) in [6.07, 6.45) is 5.56. The van der Waals surface area contributed by atoms with E-state index >= 15 is 0 Å². The van der Waals surface area contributed by atoms with Gasteiger partial charge < -0.3 is 19.9 Å². The van der Waals surface area contributed by atoms with Crippen LogP contribution in [0.1, 0.15) is 40.5 Å². The van der Waals surface area contributed by atoms with E-state index < -0.39 is 0 Å². The Hall–Kier alpha value is -3.35. The molecule has 1 aliphatic rings. The molecule has 2 aromatic heterocycles. The second-order valence-electron chi connectivity index (χ2n) is 7.22. The summed E-state index contributed by atoms with van der Waals surface area (Å²) < 4.78 is 5.22. The van der Waals surface area contributed by atoms with E-state index in [0.29, 0.717) is 17.2 Å². The average molecular weight is 391 g/mol. The highest BCUT2D eigenvalue weighted by Crippen LogP contribution is 2.32. The van der Waals surface area contributed by atoms with E-state index in [1.165, 1.54) is 5.69 Å². The Labute approximate surface area is 170 Å². The molecule has 0 unspecified atom stereocenters. The number of carbonyl (C=O) groups excluding carboxylic acids is 1. The predicted octanol–water partition coefficient (Wildman–Crippen LogP) is 3.76. The van der Waals surface area contributed by atoms with Crippen LogP contribution in [-0.2, 0) is 0 Å². The number of benzene rings is 1. The van der Waals surface area contributed by atoms with Crippen molar-refractivity contribution in [1.29, 1.82) is 0 Å². The Kier molecular flexibility index (Phi) is 5.46. The summed E-state index contributed by atoms with van der Waals surface area (Å²) in [5.74, 6) is 1.76. The van der Waals surface area contributed by atoms with Crippen LogP contribution in [-0.4, -0.2) is 41.1 Å². The Morgan fingerprint density at radius 1 is 1.21 bits per heavy atom. The zero-order chi connectivity index (χ0) is 20.2. The van der Waals surface area contributed by atoms with Gasteiger partial charge in [0.05, 0.1) is 24.8 Å². The largest absolute Gasteiger partial charge is 0.497 e. The number of piperidine rings is 1. The summed E-state index contributed by atoms with van der Waals surface area (Å²) >= 11 is 0. The maximum atomic E-state index is 12.7. The molecule has 1 aliphatic heterocycles. The number of hydrogen-bond donors (Lipinski definition) is 2. The van der Waals surface area contributed by atoms with E-state index in [4.69, 9.17) is 4.74 Å². The monoisotopic (exact) mass is 391 g/mol. The molecule has 29 heavy (non-hydrogen) atoms. The molecular weight excluding hydrogens is 366 g/mol. The number of ether oxygens (including phenoxy) is 1. The summed E-state index contributed by atoms with van der Waals surface area (Å²) in [5.41, 5.74) is 3.58. The second-order valence-corrected chi connectivity index (χ2v) is 7.22. The topological polar surface area (TPSA) is 83.1 Å². The minimum absolute atomic E-state index is 0.180. The average Bonchev–Trinajstić information content (AvgIpc) is 3.20. The lowest BCUT2D eigenvalue weighted by Gasteiger charge is -2.33. The third kappa shape index (κ3) is 4.08. The molecule has 7 nitrogen and oxygen atoms in total. The van der Waals surface area contributed by atoms with Crippen molar-refractivity contribution in [3.05, 3.63) is 65.9 Å². The number of imidazole rings is 1. The van der Waals surface area contributed by atoms with Crippen LogP contribution in [0.4, 0.5) is 11.5 Å². The summed E-state index contributed by atoms with van der Waals surface area (Å²) in [7, 11) is 1.59. The van der Waals surface area contributed by atoms with Crippen LogP contribution in [0, 0.1) is 6.92 Å². The molecule has 0 saturated carbocycles. The molecule has 3 aromatic rings. The smallest absolute Gasteiger partial charge is 0.255 e. The number of amides is 1. The van der Waals surface area contributed by atoms with E-state index in [9.17, 15) is 4.79 Å². The SMILES string of the molecule is COc1cccc(C(=O)Nc2cccnc2N2CCC(c3[nH]cnc3C)CC2)c1. The number of nitrogens with zero attached hydrogens (tertiary/aromatic N) is 3. The minimum Gasteiger partial charge on any atom is -0.497 e.